The van der Waals surface area contributed by atoms with Crippen LogP contribution in [0.4, 0.5) is 0 Å². The van der Waals surface area contributed by atoms with Crippen LogP contribution in [0, 0.1) is 29.1 Å². The highest BCUT2D eigenvalue weighted by Gasteiger charge is 2.68. The number of hydrogen-bond donors (Lipinski definition) is 0. The van der Waals surface area contributed by atoms with E-state index in [1.54, 1.807) is 6.92 Å². The largest absolute Gasteiger partial charge is 0.493 e. The van der Waals surface area contributed by atoms with Crippen LogP contribution in [-0.4, -0.2) is 24.5 Å². The lowest BCUT2D eigenvalue weighted by molar-refractivity contribution is -0.157. The first kappa shape index (κ1) is 14.5. The van der Waals surface area contributed by atoms with Crippen LogP contribution in [-0.2, 0) is 19.1 Å². The Hall–Kier alpha value is -1.45. The zero-order valence-electron chi connectivity index (χ0n) is 13.1. The van der Waals surface area contributed by atoms with Crippen molar-refractivity contribution in [1.29, 1.82) is 0 Å². The number of ether oxygens (including phenoxy) is 1. The molecule has 4 heteroatoms. The molecular formula is C17H22O4. The van der Waals surface area contributed by atoms with Crippen molar-refractivity contribution in [3.63, 3.8) is 0 Å². The topological polar surface area (TPSA) is 60.4 Å². The molecule has 1 spiro atoms. The highest BCUT2D eigenvalue weighted by atomic mass is 16.5. The van der Waals surface area contributed by atoms with Gasteiger partial charge in [0, 0.05) is 17.9 Å². The second-order valence-electron chi connectivity index (χ2n) is 6.96. The third-order valence-corrected chi connectivity index (χ3v) is 6.00. The summed E-state index contributed by atoms with van der Waals surface area (Å²) < 4.78 is 5.19. The molecule has 0 aliphatic heterocycles. The lowest BCUT2D eigenvalue weighted by atomic mass is 9.51. The second-order valence-corrected chi connectivity index (χ2v) is 6.96. The molecular weight excluding hydrogens is 268 g/mol. The molecule has 0 N–H and O–H groups in total. The fraction of sp³-hybridized carbons (Fsp3) is 0.706. The smallest absolute Gasteiger partial charge is 0.202 e. The van der Waals surface area contributed by atoms with Crippen LogP contribution < -0.4 is 0 Å². The van der Waals surface area contributed by atoms with E-state index in [0.29, 0.717) is 12.0 Å². The van der Waals surface area contributed by atoms with Gasteiger partial charge in [-0.2, -0.15) is 0 Å². The molecule has 0 amide bonds. The summed E-state index contributed by atoms with van der Waals surface area (Å²) in [6.45, 7) is 5.64. The predicted molar refractivity (Wildman–Crippen MR) is 76.3 cm³/mol. The second kappa shape index (κ2) is 4.52. The van der Waals surface area contributed by atoms with Gasteiger partial charge in [0.15, 0.2) is 11.5 Å². The number of allylic oxidation sites excluding steroid dienone is 2. The molecule has 2 saturated carbocycles. The van der Waals surface area contributed by atoms with Gasteiger partial charge in [-0.15, -0.1) is 0 Å². The van der Waals surface area contributed by atoms with Crippen molar-refractivity contribution in [2.75, 3.05) is 7.11 Å². The van der Waals surface area contributed by atoms with Gasteiger partial charge in [-0.3, -0.25) is 14.4 Å². The Morgan fingerprint density at radius 1 is 1.10 bits per heavy atom. The van der Waals surface area contributed by atoms with E-state index in [-0.39, 0.29) is 40.9 Å². The summed E-state index contributed by atoms with van der Waals surface area (Å²) in [6.07, 6.45) is 2.17. The Morgan fingerprint density at radius 3 is 2.38 bits per heavy atom. The van der Waals surface area contributed by atoms with Crippen LogP contribution in [0.15, 0.2) is 11.3 Å². The molecule has 5 atom stereocenters. The van der Waals surface area contributed by atoms with Gasteiger partial charge in [0.05, 0.1) is 7.11 Å². The summed E-state index contributed by atoms with van der Waals surface area (Å²) in [5.74, 6) is -0.453. The highest BCUT2D eigenvalue weighted by Crippen LogP contribution is 2.60. The Labute approximate surface area is 124 Å². The number of methoxy groups -OCH3 is 1. The maximum atomic E-state index is 13.1. The number of rotatable bonds is 1. The van der Waals surface area contributed by atoms with Crippen LogP contribution in [0.5, 0.6) is 0 Å². The molecule has 0 aromatic rings. The first-order valence-electron chi connectivity index (χ1n) is 7.74. The van der Waals surface area contributed by atoms with Gasteiger partial charge in [-0.25, -0.2) is 0 Å². The summed E-state index contributed by atoms with van der Waals surface area (Å²) in [7, 11) is 1.42. The van der Waals surface area contributed by atoms with Gasteiger partial charge >= 0.3 is 0 Å². The quantitative estimate of drug-likeness (QED) is 0.695. The third kappa shape index (κ3) is 1.53. The summed E-state index contributed by atoms with van der Waals surface area (Å²) in [5, 5.41) is 0. The highest BCUT2D eigenvalue weighted by molar-refractivity contribution is 6.24. The predicted octanol–water partition coefficient (Wildman–Crippen LogP) is 2.32. The molecule has 3 rings (SSSR count). The molecule has 0 bridgehead atoms. The van der Waals surface area contributed by atoms with Crippen molar-refractivity contribution in [3.8, 4) is 0 Å². The molecule has 114 valence electrons. The Morgan fingerprint density at radius 2 is 1.76 bits per heavy atom. The third-order valence-electron chi connectivity index (χ3n) is 6.00. The molecule has 0 aromatic carbocycles. The molecule has 0 aromatic heterocycles. The molecule has 21 heavy (non-hydrogen) atoms. The molecule has 1 unspecified atom stereocenters. The first-order valence-corrected chi connectivity index (χ1v) is 7.74. The fourth-order valence-electron chi connectivity index (χ4n) is 5.13. The van der Waals surface area contributed by atoms with E-state index in [1.165, 1.54) is 7.11 Å². The Balaban J connectivity index is 2.26. The number of ketones is 3. The van der Waals surface area contributed by atoms with E-state index >= 15 is 0 Å². The SMILES string of the molecule is COC1=C(C)C(=O)C23C(=O)C[C@H](C)[C@H]2CC[C@H](C)[C@H]3C1=O. The van der Waals surface area contributed by atoms with Gasteiger partial charge in [0.25, 0.3) is 0 Å². The van der Waals surface area contributed by atoms with Crippen LogP contribution in [0.2, 0.25) is 0 Å². The lowest BCUT2D eigenvalue weighted by Crippen LogP contribution is -2.58. The van der Waals surface area contributed by atoms with Crippen molar-refractivity contribution in [2.45, 2.75) is 40.0 Å². The van der Waals surface area contributed by atoms with Crippen LogP contribution in [0.1, 0.15) is 40.0 Å². The zero-order valence-corrected chi connectivity index (χ0v) is 13.1. The van der Waals surface area contributed by atoms with Crippen molar-refractivity contribution in [1.82, 2.24) is 0 Å². The van der Waals surface area contributed by atoms with Crippen molar-refractivity contribution in [2.24, 2.45) is 29.1 Å². The van der Waals surface area contributed by atoms with Gasteiger partial charge < -0.3 is 4.74 Å². The van der Waals surface area contributed by atoms with Crippen LogP contribution >= 0.6 is 0 Å². The number of hydrogen-bond acceptors (Lipinski definition) is 4. The number of carbonyl (C=O) groups is 3. The molecule has 3 aliphatic rings. The lowest BCUT2D eigenvalue weighted by Gasteiger charge is -2.49. The average molecular weight is 290 g/mol. The normalized spacial score (nSPS) is 43.0. The minimum absolute atomic E-state index is 0.0102. The molecule has 0 saturated heterocycles. The molecule has 0 radical (unpaired) electrons. The van der Waals surface area contributed by atoms with Crippen molar-refractivity contribution in [3.05, 3.63) is 11.3 Å². The van der Waals surface area contributed by atoms with E-state index in [9.17, 15) is 14.4 Å². The Bertz CT molecular complexity index is 573. The van der Waals surface area contributed by atoms with E-state index in [4.69, 9.17) is 4.74 Å². The maximum Gasteiger partial charge on any atom is 0.202 e. The first-order chi connectivity index (χ1) is 9.87. The summed E-state index contributed by atoms with van der Waals surface area (Å²) in [4.78, 5) is 38.7. The summed E-state index contributed by atoms with van der Waals surface area (Å²) in [6, 6.07) is 0. The maximum absolute atomic E-state index is 13.1. The fourth-order valence-corrected chi connectivity index (χ4v) is 5.13. The van der Waals surface area contributed by atoms with Crippen LogP contribution in [0.3, 0.4) is 0 Å². The molecule has 2 fully saturated rings. The van der Waals surface area contributed by atoms with Gasteiger partial charge in [0.1, 0.15) is 11.2 Å². The summed E-state index contributed by atoms with van der Waals surface area (Å²) >= 11 is 0. The van der Waals surface area contributed by atoms with Crippen molar-refractivity contribution >= 4 is 17.3 Å². The van der Waals surface area contributed by atoms with Crippen LogP contribution in [0.25, 0.3) is 0 Å². The van der Waals surface area contributed by atoms with E-state index < -0.39 is 11.3 Å². The minimum Gasteiger partial charge on any atom is -0.493 e. The standard InChI is InChI=1S/C17H22O4/c1-8-5-6-11-9(2)7-12(18)17(11)13(8)14(19)15(21-4)10(3)16(17)20/h8-9,11,13H,5-7H2,1-4H3/t8-,9-,11+,13-,17?/m0/s1. The summed E-state index contributed by atoms with van der Waals surface area (Å²) in [5.41, 5.74) is -0.763. The molecule has 0 heterocycles. The van der Waals surface area contributed by atoms with E-state index in [2.05, 4.69) is 0 Å². The van der Waals surface area contributed by atoms with E-state index in [1.807, 2.05) is 13.8 Å². The van der Waals surface area contributed by atoms with Gasteiger partial charge in [0.2, 0.25) is 5.78 Å². The van der Waals surface area contributed by atoms with Gasteiger partial charge in [-0.1, -0.05) is 13.8 Å². The van der Waals surface area contributed by atoms with Gasteiger partial charge in [-0.05, 0) is 37.5 Å². The average Bonchev–Trinajstić information content (AvgIpc) is 2.69. The van der Waals surface area contributed by atoms with E-state index in [0.717, 1.165) is 12.8 Å². The molecule has 4 nitrogen and oxygen atoms in total. The minimum atomic E-state index is -1.10. The van der Waals surface area contributed by atoms with Crippen molar-refractivity contribution < 1.29 is 19.1 Å². The molecule has 3 aliphatic carbocycles. The zero-order chi connectivity index (χ0) is 15.5. The number of carbonyl (C=O) groups excluding carboxylic acids is 3. The monoisotopic (exact) mass is 290 g/mol. The number of Topliss-reactive ketones (excluding diaryl/α,β-unsaturated/α-hetero) is 3. The Kier molecular flexibility index (Phi) is 3.12.